The van der Waals surface area contributed by atoms with Crippen LogP contribution >= 0.6 is 11.3 Å². The third-order valence-electron chi connectivity index (χ3n) is 3.50. The van der Waals surface area contributed by atoms with E-state index in [0.717, 1.165) is 34.9 Å². The summed E-state index contributed by atoms with van der Waals surface area (Å²) in [5.74, 6) is 1.54. The van der Waals surface area contributed by atoms with Gasteiger partial charge in [-0.05, 0) is 18.6 Å². The van der Waals surface area contributed by atoms with Crippen LogP contribution in [0.3, 0.4) is 0 Å². The normalized spacial score (nSPS) is 10.7. The molecule has 1 N–H and O–H groups in total. The van der Waals surface area contributed by atoms with Crippen LogP contribution in [0.4, 0.5) is 5.13 Å². The summed E-state index contributed by atoms with van der Waals surface area (Å²) in [6, 6.07) is 13.8. The van der Waals surface area contributed by atoms with E-state index < -0.39 is 0 Å². The lowest BCUT2D eigenvalue weighted by Gasteiger charge is -2.00. The van der Waals surface area contributed by atoms with Gasteiger partial charge in [-0.3, -0.25) is 4.79 Å². The predicted molar refractivity (Wildman–Crippen MR) is 95.0 cm³/mol. The molecule has 3 aromatic rings. The van der Waals surface area contributed by atoms with Gasteiger partial charge in [0.1, 0.15) is 16.5 Å². The first-order valence-electron chi connectivity index (χ1n) is 8.01. The van der Waals surface area contributed by atoms with Crippen molar-refractivity contribution in [2.24, 2.45) is 0 Å². The third-order valence-corrected chi connectivity index (χ3v) is 4.39. The largest absolute Gasteiger partial charge is 0.461 e. The number of amides is 1. The molecule has 3 rings (SSSR count). The van der Waals surface area contributed by atoms with Crippen LogP contribution in [-0.2, 0) is 17.6 Å². The molecule has 0 saturated heterocycles. The van der Waals surface area contributed by atoms with Crippen molar-refractivity contribution in [2.75, 3.05) is 5.32 Å². The van der Waals surface area contributed by atoms with Crippen molar-refractivity contribution in [1.29, 1.82) is 0 Å². The number of rotatable bonds is 7. The van der Waals surface area contributed by atoms with E-state index in [4.69, 9.17) is 4.42 Å². The molecule has 5 nitrogen and oxygen atoms in total. The van der Waals surface area contributed by atoms with E-state index in [0.29, 0.717) is 18.0 Å². The van der Waals surface area contributed by atoms with E-state index in [9.17, 15) is 4.79 Å². The molecule has 0 unspecified atom stereocenters. The Balaban J connectivity index is 1.52. The monoisotopic (exact) mass is 341 g/mol. The number of benzene rings is 1. The quantitative estimate of drug-likeness (QED) is 0.695. The molecule has 6 heteroatoms. The summed E-state index contributed by atoms with van der Waals surface area (Å²) >= 11 is 1.43. The molecule has 124 valence electrons. The Morgan fingerprint density at radius 3 is 2.75 bits per heavy atom. The fourth-order valence-corrected chi connectivity index (χ4v) is 3.16. The summed E-state index contributed by atoms with van der Waals surface area (Å²) in [6.45, 7) is 2.09. The topological polar surface area (TPSA) is 68.0 Å². The van der Waals surface area contributed by atoms with Gasteiger partial charge in [0.05, 0.1) is 0 Å². The molecule has 2 heterocycles. The van der Waals surface area contributed by atoms with Gasteiger partial charge in [0.2, 0.25) is 11.0 Å². The Morgan fingerprint density at radius 2 is 1.96 bits per heavy atom. The number of hydrogen-bond donors (Lipinski definition) is 1. The summed E-state index contributed by atoms with van der Waals surface area (Å²) in [6.07, 6.45) is 2.82. The van der Waals surface area contributed by atoms with Gasteiger partial charge in [-0.2, -0.15) is 0 Å². The maximum atomic E-state index is 12.0. The molecular weight excluding hydrogens is 322 g/mol. The van der Waals surface area contributed by atoms with E-state index >= 15 is 0 Å². The standard InChI is InChI=1S/C18H19N3O2S/c1-2-6-17-20-21-18(24-17)19-16(22)12-10-14-9-11-15(23-14)13-7-4-3-5-8-13/h3-5,7-9,11H,2,6,10,12H2,1H3,(H,19,21,22). The van der Waals surface area contributed by atoms with Crippen LogP contribution in [0.2, 0.25) is 0 Å². The number of aryl methyl sites for hydroxylation is 2. The SMILES string of the molecule is CCCc1nnc(NC(=O)CCc2ccc(-c3ccccc3)o2)s1. The van der Waals surface area contributed by atoms with Crippen LogP contribution in [0.25, 0.3) is 11.3 Å². The molecule has 0 saturated carbocycles. The average molecular weight is 341 g/mol. The highest BCUT2D eigenvalue weighted by Crippen LogP contribution is 2.22. The van der Waals surface area contributed by atoms with Gasteiger partial charge in [0.15, 0.2) is 0 Å². The summed E-state index contributed by atoms with van der Waals surface area (Å²) in [5.41, 5.74) is 1.03. The Morgan fingerprint density at radius 1 is 1.12 bits per heavy atom. The first kappa shape index (κ1) is 16.4. The number of hydrogen-bond acceptors (Lipinski definition) is 5. The fourth-order valence-electron chi connectivity index (χ4n) is 2.31. The average Bonchev–Trinajstić information content (AvgIpc) is 3.24. The predicted octanol–water partition coefficient (Wildman–Crippen LogP) is 4.32. The molecule has 0 atom stereocenters. The molecular formula is C18H19N3O2S. The molecule has 2 aromatic heterocycles. The third kappa shape index (κ3) is 4.29. The van der Waals surface area contributed by atoms with Crippen LogP contribution in [0.5, 0.6) is 0 Å². The lowest BCUT2D eigenvalue weighted by molar-refractivity contribution is -0.116. The van der Waals surface area contributed by atoms with Crippen molar-refractivity contribution in [3.05, 3.63) is 53.2 Å². The van der Waals surface area contributed by atoms with Crippen LogP contribution in [0.1, 0.15) is 30.5 Å². The molecule has 1 aromatic carbocycles. The van der Waals surface area contributed by atoms with Crippen LogP contribution in [0.15, 0.2) is 46.9 Å². The van der Waals surface area contributed by atoms with Gasteiger partial charge >= 0.3 is 0 Å². The Bertz CT molecular complexity index is 795. The number of carbonyl (C=O) groups is 1. The fraction of sp³-hybridized carbons (Fsp3) is 0.278. The molecule has 0 fully saturated rings. The Labute approximate surface area is 144 Å². The lowest BCUT2D eigenvalue weighted by atomic mass is 10.2. The number of carbonyl (C=O) groups excluding carboxylic acids is 1. The number of anilines is 1. The van der Waals surface area contributed by atoms with Gasteiger partial charge in [0, 0.05) is 24.8 Å². The molecule has 1 amide bonds. The maximum absolute atomic E-state index is 12.0. The highest BCUT2D eigenvalue weighted by molar-refractivity contribution is 7.15. The van der Waals surface area contributed by atoms with Gasteiger partial charge in [-0.25, -0.2) is 0 Å². The van der Waals surface area contributed by atoms with Crippen LogP contribution < -0.4 is 5.32 Å². The number of aromatic nitrogens is 2. The van der Waals surface area contributed by atoms with E-state index in [1.807, 2.05) is 42.5 Å². The molecule has 0 aliphatic heterocycles. The van der Waals surface area contributed by atoms with Crippen molar-refractivity contribution >= 4 is 22.4 Å². The van der Waals surface area contributed by atoms with Gasteiger partial charge in [-0.15, -0.1) is 10.2 Å². The van der Waals surface area contributed by atoms with Crippen molar-refractivity contribution in [1.82, 2.24) is 10.2 Å². The summed E-state index contributed by atoms with van der Waals surface area (Å²) < 4.78 is 5.80. The number of nitrogens with zero attached hydrogens (tertiary/aromatic N) is 2. The zero-order valence-electron chi connectivity index (χ0n) is 13.5. The van der Waals surface area contributed by atoms with Crippen molar-refractivity contribution < 1.29 is 9.21 Å². The molecule has 0 aliphatic rings. The lowest BCUT2D eigenvalue weighted by Crippen LogP contribution is -2.11. The molecule has 0 bridgehead atoms. The van der Waals surface area contributed by atoms with E-state index in [2.05, 4.69) is 22.4 Å². The molecule has 0 aliphatic carbocycles. The van der Waals surface area contributed by atoms with E-state index in [-0.39, 0.29) is 5.91 Å². The Hall–Kier alpha value is -2.47. The second-order valence-corrected chi connectivity index (χ2v) is 6.49. The second kappa shape index (κ2) is 7.88. The van der Waals surface area contributed by atoms with E-state index in [1.165, 1.54) is 11.3 Å². The van der Waals surface area contributed by atoms with Crippen LogP contribution in [-0.4, -0.2) is 16.1 Å². The van der Waals surface area contributed by atoms with E-state index in [1.54, 1.807) is 0 Å². The molecule has 24 heavy (non-hydrogen) atoms. The minimum atomic E-state index is -0.0770. The first-order valence-corrected chi connectivity index (χ1v) is 8.82. The number of furan rings is 1. The smallest absolute Gasteiger partial charge is 0.226 e. The molecule has 0 spiro atoms. The Kier molecular flexibility index (Phi) is 5.38. The first-order chi connectivity index (χ1) is 11.7. The summed E-state index contributed by atoms with van der Waals surface area (Å²) in [7, 11) is 0. The van der Waals surface area contributed by atoms with Crippen molar-refractivity contribution in [3.8, 4) is 11.3 Å². The zero-order valence-corrected chi connectivity index (χ0v) is 14.3. The summed E-state index contributed by atoms with van der Waals surface area (Å²) in [4.78, 5) is 12.0. The summed E-state index contributed by atoms with van der Waals surface area (Å²) in [5, 5.41) is 12.3. The number of nitrogens with one attached hydrogen (secondary N) is 1. The maximum Gasteiger partial charge on any atom is 0.226 e. The van der Waals surface area contributed by atoms with Crippen LogP contribution in [0, 0.1) is 0 Å². The minimum absolute atomic E-state index is 0.0770. The van der Waals surface area contributed by atoms with Gasteiger partial charge in [-0.1, -0.05) is 48.6 Å². The van der Waals surface area contributed by atoms with Crippen molar-refractivity contribution in [3.63, 3.8) is 0 Å². The van der Waals surface area contributed by atoms with Gasteiger partial charge in [0.25, 0.3) is 0 Å². The second-order valence-electron chi connectivity index (χ2n) is 5.43. The molecule has 0 radical (unpaired) electrons. The van der Waals surface area contributed by atoms with Gasteiger partial charge < -0.3 is 9.73 Å². The zero-order chi connectivity index (χ0) is 16.8. The highest BCUT2D eigenvalue weighted by Gasteiger charge is 2.10. The highest BCUT2D eigenvalue weighted by atomic mass is 32.1. The van der Waals surface area contributed by atoms with Crippen molar-refractivity contribution in [2.45, 2.75) is 32.6 Å². The minimum Gasteiger partial charge on any atom is -0.461 e.